The van der Waals surface area contributed by atoms with E-state index < -0.39 is 23.3 Å². The minimum atomic E-state index is -1.15. The largest absolute Gasteiger partial charge is 0.486 e. The molecular formula is C29H28F4O2. The minimum absolute atomic E-state index is 0.0284. The molecule has 0 aliphatic heterocycles. The van der Waals surface area contributed by atoms with E-state index in [1.807, 2.05) is 0 Å². The SMILES string of the molecule is C=CCOc1ccc(OCc2ccc(-c3ccc(C4CCC(C)CC4)c(F)c3F)cc2)c(F)c1F. The first-order valence-electron chi connectivity index (χ1n) is 11.8. The van der Waals surface area contributed by atoms with E-state index in [1.54, 1.807) is 36.4 Å². The van der Waals surface area contributed by atoms with E-state index in [0.29, 0.717) is 22.6 Å². The zero-order valence-electron chi connectivity index (χ0n) is 19.6. The number of ether oxygens (including phenoxy) is 2. The van der Waals surface area contributed by atoms with Gasteiger partial charge < -0.3 is 9.47 Å². The summed E-state index contributed by atoms with van der Waals surface area (Å²) >= 11 is 0. The second-order valence-electron chi connectivity index (χ2n) is 9.06. The summed E-state index contributed by atoms with van der Waals surface area (Å²) in [7, 11) is 0. The second-order valence-corrected chi connectivity index (χ2v) is 9.06. The molecule has 0 unspecified atom stereocenters. The van der Waals surface area contributed by atoms with Gasteiger partial charge in [-0.2, -0.15) is 8.78 Å². The number of hydrogen-bond acceptors (Lipinski definition) is 2. The molecule has 0 atom stereocenters. The molecule has 4 rings (SSSR count). The van der Waals surface area contributed by atoms with Crippen LogP contribution >= 0.6 is 0 Å². The van der Waals surface area contributed by atoms with Crippen molar-refractivity contribution in [3.63, 3.8) is 0 Å². The van der Waals surface area contributed by atoms with Crippen LogP contribution in [-0.2, 0) is 6.61 Å². The van der Waals surface area contributed by atoms with Crippen LogP contribution in [0, 0.1) is 29.2 Å². The predicted molar refractivity (Wildman–Crippen MR) is 129 cm³/mol. The maximum Gasteiger partial charge on any atom is 0.204 e. The van der Waals surface area contributed by atoms with Gasteiger partial charge in [-0.05, 0) is 53.5 Å². The zero-order chi connectivity index (χ0) is 24.9. The van der Waals surface area contributed by atoms with E-state index in [1.165, 1.54) is 18.2 Å². The molecule has 1 fully saturated rings. The monoisotopic (exact) mass is 484 g/mol. The van der Waals surface area contributed by atoms with Crippen molar-refractivity contribution in [1.29, 1.82) is 0 Å². The molecule has 0 bridgehead atoms. The van der Waals surface area contributed by atoms with Crippen molar-refractivity contribution in [2.45, 2.75) is 45.1 Å². The molecule has 1 aliphatic carbocycles. The quantitative estimate of drug-likeness (QED) is 0.236. The van der Waals surface area contributed by atoms with Crippen LogP contribution in [0.25, 0.3) is 11.1 Å². The van der Waals surface area contributed by atoms with Crippen LogP contribution in [0.4, 0.5) is 17.6 Å². The van der Waals surface area contributed by atoms with Crippen molar-refractivity contribution in [1.82, 2.24) is 0 Å². The number of benzene rings is 3. The molecule has 1 saturated carbocycles. The highest BCUT2D eigenvalue weighted by atomic mass is 19.2. The molecule has 0 saturated heterocycles. The normalized spacial score (nSPS) is 17.7. The highest BCUT2D eigenvalue weighted by Gasteiger charge is 2.25. The summed E-state index contributed by atoms with van der Waals surface area (Å²) in [4.78, 5) is 0. The van der Waals surface area contributed by atoms with Crippen LogP contribution in [-0.4, -0.2) is 6.61 Å². The van der Waals surface area contributed by atoms with Crippen molar-refractivity contribution in [2.24, 2.45) is 5.92 Å². The molecule has 3 aromatic rings. The molecule has 35 heavy (non-hydrogen) atoms. The van der Waals surface area contributed by atoms with Gasteiger partial charge in [-0.1, -0.05) is 68.8 Å². The molecule has 0 spiro atoms. The highest BCUT2D eigenvalue weighted by molar-refractivity contribution is 5.65. The zero-order valence-corrected chi connectivity index (χ0v) is 19.6. The first-order valence-corrected chi connectivity index (χ1v) is 11.8. The number of halogens is 4. The smallest absolute Gasteiger partial charge is 0.204 e. The summed E-state index contributed by atoms with van der Waals surface area (Å²) in [6.07, 6.45) is 5.24. The summed E-state index contributed by atoms with van der Waals surface area (Å²) in [6, 6.07) is 12.6. The Morgan fingerprint density at radius 1 is 0.771 bits per heavy atom. The lowest BCUT2D eigenvalue weighted by molar-refractivity contribution is 0.277. The Bertz CT molecular complexity index is 1180. The van der Waals surface area contributed by atoms with E-state index in [-0.39, 0.29) is 36.2 Å². The third-order valence-corrected chi connectivity index (χ3v) is 6.60. The van der Waals surface area contributed by atoms with Crippen LogP contribution < -0.4 is 9.47 Å². The first-order chi connectivity index (χ1) is 16.9. The van der Waals surface area contributed by atoms with Crippen LogP contribution in [0.2, 0.25) is 0 Å². The fraction of sp³-hybridized carbons (Fsp3) is 0.310. The van der Waals surface area contributed by atoms with Gasteiger partial charge in [-0.3, -0.25) is 0 Å². The van der Waals surface area contributed by atoms with Crippen molar-refractivity contribution < 1.29 is 27.0 Å². The Labute approximate surface area is 203 Å². The highest BCUT2D eigenvalue weighted by Crippen LogP contribution is 2.38. The third kappa shape index (κ3) is 5.53. The van der Waals surface area contributed by atoms with Gasteiger partial charge >= 0.3 is 0 Å². The topological polar surface area (TPSA) is 18.5 Å². The molecule has 0 heterocycles. The lowest BCUT2D eigenvalue weighted by Gasteiger charge is -2.27. The molecule has 0 amide bonds. The van der Waals surface area contributed by atoms with Gasteiger partial charge in [0.05, 0.1) is 0 Å². The fourth-order valence-electron chi connectivity index (χ4n) is 4.50. The van der Waals surface area contributed by atoms with Gasteiger partial charge in [-0.25, -0.2) is 8.78 Å². The molecule has 0 radical (unpaired) electrons. The van der Waals surface area contributed by atoms with E-state index >= 15 is 0 Å². The number of hydrogen-bond donors (Lipinski definition) is 0. The molecule has 1 aliphatic rings. The Morgan fingerprint density at radius 3 is 2.03 bits per heavy atom. The van der Waals surface area contributed by atoms with Gasteiger partial charge in [0.2, 0.25) is 11.6 Å². The maximum atomic E-state index is 14.9. The molecule has 6 heteroatoms. The van der Waals surface area contributed by atoms with Gasteiger partial charge in [0.1, 0.15) is 13.2 Å². The Hall–Kier alpha value is -3.28. The van der Waals surface area contributed by atoms with Crippen LogP contribution in [0.1, 0.15) is 49.7 Å². The van der Waals surface area contributed by atoms with Crippen LogP contribution in [0.5, 0.6) is 11.5 Å². The average molecular weight is 485 g/mol. The van der Waals surface area contributed by atoms with Gasteiger partial charge in [-0.15, -0.1) is 0 Å². The average Bonchev–Trinajstić information content (AvgIpc) is 2.87. The van der Waals surface area contributed by atoms with Crippen LogP contribution in [0.15, 0.2) is 61.2 Å². The molecule has 184 valence electrons. The van der Waals surface area contributed by atoms with E-state index in [4.69, 9.17) is 9.47 Å². The van der Waals surface area contributed by atoms with Crippen LogP contribution in [0.3, 0.4) is 0 Å². The maximum absolute atomic E-state index is 14.9. The summed E-state index contributed by atoms with van der Waals surface area (Å²) < 4.78 is 68.7. The summed E-state index contributed by atoms with van der Waals surface area (Å²) in [5.41, 5.74) is 1.83. The first kappa shape index (κ1) is 24.8. The van der Waals surface area contributed by atoms with Crippen molar-refractivity contribution in [3.05, 3.63) is 95.6 Å². The van der Waals surface area contributed by atoms with E-state index in [0.717, 1.165) is 25.7 Å². The van der Waals surface area contributed by atoms with Gasteiger partial charge in [0.25, 0.3) is 0 Å². The van der Waals surface area contributed by atoms with Crippen molar-refractivity contribution >= 4 is 0 Å². The summed E-state index contributed by atoms with van der Waals surface area (Å²) in [5.74, 6) is -3.68. The van der Waals surface area contributed by atoms with Gasteiger partial charge in [0.15, 0.2) is 23.1 Å². The summed E-state index contributed by atoms with van der Waals surface area (Å²) in [6.45, 7) is 5.68. The lowest BCUT2D eigenvalue weighted by Crippen LogP contribution is -2.13. The predicted octanol–water partition coefficient (Wildman–Crippen LogP) is 8.35. The molecule has 0 N–H and O–H groups in total. The van der Waals surface area contributed by atoms with Crippen molar-refractivity contribution in [3.8, 4) is 22.6 Å². The molecule has 3 aromatic carbocycles. The Balaban J connectivity index is 1.44. The van der Waals surface area contributed by atoms with E-state index in [2.05, 4.69) is 13.5 Å². The van der Waals surface area contributed by atoms with E-state index in [9.17, 15) is 17.6 Å². The standard InChI is InChI=1S/C29H28F4O2/c1-3-16-34-24-14-15-25(29(33)28(24)32)35-17-19-6-10-21(11-7-19)23-13-12-22(26(30)27(23)31)20-8-4-18(2)5-9-20/h3,6-7,10-15,18,20H,1,4-5,8-9,16-17H2,2H3. The third-order valence-electron chi connectivity index (χ3n) is 6.60. The minimum Gasteiger partial charge on any atom is -0.486 e. The Kier molecular flexibility index (Phi) is 7.79. The lowest BCUT2D eigenvalue weighted by atomic mass is 9.79. The molecular weight excluding hydrogens is 456 g/mol. The summed E-state index contributed by atoms with van der Waals surface area (Å²) in [5, 5.41) is 0. The molecule has 0 aromatic heterocycles. The fourth-order valence-corrected chi connectivity index (χ4v) is 4.50. The molecule has 2 nitrogen and oxygen atoms in total. The van der Waals surface area contributed by atoms with Crippen molar-refractivity contribution in [2.75, 3.05) is 6.61 Å². The number of rotatable bonds is 8. The Morgan fingerprint density at radius 2 is 1.40 bits per heavy atom. The second kappa shape index (κ2) is 11.0. The van der Waals surface area contributed by atoms with Gasteiger partial charge in [0, 0.05) is 5.56 Å².